The number of hydrogen-bond donors (Lipinski definition) is 1. The molecule has 0 radical (unpaired) electrons. The molecule has 0 saturated heterocycles. The number of aromatic nitrogens is 1. The Balaban J connectivity index is 2.04. The molecule has 14 heavy (non-hydrogen) atoms. The van der Waals surface area contributed by atoms with Gasteiger partial charge in [-0.05, 0) is 18.2 Å². The molecule has 1 aliphatic rings. The Hall–Kier alpha value is -1.48. The lowest BCUT2D eigenvalue weighted by Crippen LogP contribution is -2.33. The molecule has 2 aromatic rings. The topological polar surface area (TPSA) is 30.1 Å². The van der Waals surface area contributed by atoms with Crippen molar-refractivity contribution in [3.8, 4) is 0 Å². The van der Waals surface area contributed by atoms with Gasteiger partial charge in [-0.2, -0.15) is 0 Å². The molecule has 3 heteroatoms. The first kappa shape index (κ1) is 7.88. The quantitative estimate of drug-likeness (QED) is 0.739. The molecule has 1 aliphatic heterocycles. The third-order valence-electron chi connectivity index (χ3n) is 2.74. The lowest BCUT2D eigenvalue weighted by Gasteiger charge is -2.25. The molecule has 0 bridgehead atoms. The van der Waals surface area contributed by atoms with Gasteiger partial charge < -0.3 is 14.3 Å². The minimum atomic E-state index is 0.289. The highest BCUT2D eigenvalue weighted by atomic mass is 16.3. The van der Waals surface area contributed by atoms with Crippen molar-refractivity contribution < 1.29 is 4.42 Å². The molecule has 0 unspecified atom stereocenters. The lowest BCUT2D eigenvalue weighted by atomic mass is 10.1. The van der Waals surface area contributed by atoms with E-state index in [-0.39, 0.29) is 6.04 Å². The summed E-state index contributed by atoms with van der Waals surface area (Å²) in [6.45, 7) is 2.06. The van der Waals surface area contributed by atoms with Gasteiger partial charge in [-0.15, -0.1) is 0 Å². The molecule has 0 saturated carbocycles. The maximum atomic E-state index is 5.11. The minimum absolute atomic E-state index is 0.289. The number of fused-ring (bicyclic) bond motifs is 1. The van der Waals surface area contributed by atoms with Crippen molar-refractivity contribution in [2.24, 2.45) is 0 Å². The Kier molecular flexibility index (Phi) is 1.70. The molecule has 1 N–H and O–H groups in total. The zero-order chi connectivity index (χ0) is 9.38. The molecule has 0 fully saturated rings. The summed E-state index contributed by atoms with van der Waals surface area (Å²) >= 11 is 0. The lowest BCUT2D eigenvalue weighted by molar-refractivity contribution is 0.462. The third-order valence-corrected chi connectivity index (χ3v) is 2.74. The van der Waals surface area contributed by atoms with Gasteiger partial charge in [0.25, 0.3) is 0 Å². The zero-order valence-corrected chi connectivity index (χ0v) is 7.81. The summed E-state index contributed by atoms with van der Waals surface area (Å²) in [4.78, 5) is 0. The molecular formula is C11H12N2O. The van der Waals surface area contributed by atoms with Crippen molar-refractivity contribution in [2.75, 3.05) is 6.54 Å². The van der Waals surface area contributed by atoms with Gasteiger partial charge in [0.05, 0.1) is 18.6 Å². The van der Waals surface area contributed by atoms with E-state index in [0.29, 0.717) is 0 Å². The van der Waals surface area contributed by atoms with Crippen LogP contribution in [0.1, 0.15) is 17.3 Å². The largest absolute Gasteiger partial charge is 0.472 e. The van der Waals surface area contributed by atoms with E-state index >= 15 is 0 Å². The minimum Gasteiger partial charge on any atom is -0.472 e. The van der Waals surface area contributed by atoms with Gasteiger partial charge in [0, 0.05) is 30.5 Å². The highest BCUT2D eigenvalue weighted by Crippen LogP contribution is 2.25. The van der Waals surface area contributed by atoms with E-state index in [1.807, 2.05) is 6.07 Å². The van der Waals surface area contributed by atoms with Crippen LogP contribution in [0.25, 0.3) is 0 Å². The molecule has 0 spiro atoms. The van der Waals surface area contributed by atoms with Crippen molar-refractivity contribution in [1.29, 1.82) is 0 Å². The van der Waals surface area contributed by atoms with Crippen molar-refractivity contribution >= 4 is 0 Å². The first-order valence-electron chi connectivity index (χ1n) is 4.86. The first-order valence-corrected chi connectivity index (χ1v) is 4.86. The van der Waals surface area contributed by atoms with Crippen LogP contribution in [-0.2, 0) is 6.54 Å². The number of rotatable bonds is 1. The van der Waals surface area contributed by atoms with Crippen LogP contribution >= 0.6 is 0 Å². The summed E-state index contributed by atoms with van der Waals surface area (Å²) in [5.74, 6) is 0. The second-order valence-corrected chi connectivity index (χ2v) is 3.57. The van der Waals surface area contributed by atoms with E-state index in [4.69, 9.17) is 4.42 Å². The van der Waals surface area contributed by atoms with E-state index in [1.54, 1.807) is 12.5 Å². The SMILES string of the molecule is c1cc2n(c1)CCN[C@@H]2c1ccoc1. The highest BCUT2D eigenvalue weighted by molar-refractivity contribution is 5.26. The smallest absolute Gasteiger partial charge is 0.0954 e. The van der Waals surface area contributed by atoms with E-state index < -0.39 is 0 Å². The van der Waals surface area contributed by atoms with Gasteiger partial charge in [0.2, 0.25) is 0 Å². The average molecular weight is 188 g/mol. The fourth-order valence-electron chi connectivity index (χ4n) is 2.05. The van der Waals surface area contributed by atoms with Crippen molar-refractivity contribution in [3.05, 3.63) is 48.2 Å². The summed E-state index contributed by atoms with van der Waals surface area (Å²) in [6, 6.07) is 6.55. The molecule has 72 valence electrons. The van der Waals surface area contributed by atoms with E-state index in [9.17, 15) is 0 Å². The molecule has 2 aromatic heterocycles. The van der Waals surface area contributed by atoms with Gasteiger partial charge in [-0.1, -0.05) is 0 Å². The Morgan fingerprint density at radius 1 is 1.43 bits per heavy atom. The number of furan rings is 1. The van der Waals surface area contributed by atoms with Crippen LogP contribution in [0.5, 0.6) is 0 Å². The van der Waals surface area contributed by atoms with Crippen LogP contribution in [0, 0.1) is 0 Å². The Labute approximate surface area is 82.3 Å². The third kappa shape index (κ3) is 1.09. The number of nitrogens with zero attached hydrogens (tertiary/aromatic N) is 1. The van der Waals surface area contributed by atoms with Gasteiger partial charge in [-0.25, -0.2) is 0 Å². The van der Waals surface area contributed by atoms with Crippen LogP contribution < -0.4 is 5.32 Å². The van der Waals surface area contributed by atoms with E-state index in [0.717, 1.165) is 13.1 Å². The number of nitrogens with one attached hydrogen (secondary N) is 1. The van der Waals surface area contributed by atoms with Gasteiger partial charge in [-0.3, -0.25) is 0 Å². The van der Waals surface area contributed by atoms with Gasteiger partial charge in [0.1, 0.15) is 0 Å². The van der Waals surface area contributed by atoms with Crippen molar-refractivity contribution in [2.45, 2.75) is 12.6 Å². The summed E-state index contributed by atoms with van der Waals surface area (Å²) < 4.78 is 7.40. The molecular weight excluding hydrogens is 176 g/mol. The summed E-state index contributed by atoms with van der Waals surface area (Å²) in [7, 11) is 0. The monoisotopic (exact) mass is 188 g/mol. The molecule has 3 nitrogen and oxygen atoms in total. The predicted octanol–water partition coefficient (Wildman–Crippen LogP) is 1.77. The maximum Gasteiger partial charge on any atom is 0.0954 e. The normalized spacial score (nSPS) is 20.7. The summed E-state index contributed by atoms with van der Waals surface area (Å²) in [5, 5.41) is 3.48. The van der Waals surface area contributed by atoms with Crippen LogP contribution in [0.15, 0.2) is 41.3 Å². The van der Waals surface area contributed by atoms with Gasteiger partial charge >= 0.3 is 0 Å². The Morgan fingerprint density at radius 3 is 3.29 bits per heavy atom. The van der Waals surface area contributed by atoms with Crippen LogP contribution in [0.3, 0.4) is 0 Å². The van der Waals surface area contributed by atoms with E-state index in [1.165, 1.54) is 11.3 Å². The van der Waals surface area contributed by atoms with Crippen molar-refractivity contribution in [1.82, 2.24) is 9.88 Å². The van der Waals surface area contributed by atoms with Crippen LogP contribution in [0.2, 0.25) is 0 Å². The average Bonchev–Trinajstić information content (AvgIpc) is 2.88. The fraction of sp³-hybridized carbons (Fsp3) is 0.273. The first-order chi connectivity index (χ1) is 6.95. The maximum absolute atomic E-state index is 5.11. The van der Waals surface area contributed by atoms with Crippen LogP contribution in [0.4, 0.5) is 0 Å². The number of hydrogen-bond acceptors (Lipinski definition) is 2. The van der Waals surface area contributed by atoms with Crippen molar-refractivity contribution in [3.63, 3.8) is 0 Å². The zero-order valence-electron chi connectivity index (χ0n) is 7.81. The second-order valence-electron chi connectivity index (χ2n) is 3.57. The van der Waals surface area contributed by atoms with E-state index in [2.05, 4.69) is 28.2 Å². The molecule has 0 aromatic carbocycles. The standard InChI is InChI=1S/C11H12N2O/c1-2-10-11(9-3-7-14-8-9)12-4-6-13(10)5-1/h1-3,5,7-8,11-12H,4,6H2/t11-/m1/s1. The Morgan fingerprint density at radius 2 is 2.43 bits per heavy atom. The van der Waals surface area contributed by atoms with Crippen LogP contribution in [-0.4, -0.2) is 11.1 Å². The highest BCUT2D eigenvalue weighted by Gasteiger charge is 2.21. The van der Waals surface area contributed by atoms with Gasteiger partial charge in [0.15, 0.2) is 0 Å². The second kappa shape index (κ2) is 3.03. The Bertz CT molecular complexity index is 416. The molecule has 0 amide bonds. The predicted molar refractivity (Wildman–Crippen MR) is 53.0 cm³/mol. The molecule has 1 atom stereocenters. The fourth-order valence-corrected chi connectivity index (χ4v) is 2.05. The molecule has 3 rings (SSSR count). The molecule has 3 heterocycles. The summed E-state index contributed by atoms with van der Waals surface area (Å²) in [5.41, 5.74) is 2.52. The summed E-state index contributed by atoms with van der Waals surface area (Å²) in [6.07, 6.45) is 5.66. The molecule has 0 aliphatic carbocycles.